The molecule has 0 heterocycles. The molecule has 1 atom stereocenters. The summed E-state index contributed by atoms with van der Waals surface area (Å²) in [4.78, 5) is 13.2. The highest BCUT2D eigenvalue weighted by atomic mass is 32.2. The first-order chi connectivity index (χ1) is 15.3. The molecule has 0 radical (unpaired) electrons. The number of benzene rings is 3. The molecule has 1 unspecified atom stereocenters. The third-order valence-corrected chi connectivity index (χ3v) is 6.51. The van der Waals surface area contributed by atoms with Crippen LogP contribution in [0.2, 0.25) is 0 Å². The molecular weight excluding hydrogens is 428 g/mol. The van der Waals surface area contributed by atoms with Gasteiger partial charge in [-0.15, -0.1) is 0 Å². The van der Waals surface area contributed by atoms with Gasteiger partial charge in [0.25, 0.3) is 15.9 Å². The lowest BCUT2D eigenvalue weighted by Crippen LogP contribution is -2.28. The van der Waals surface area contributed by atoms with Crippen LogP contribution >= 0.6 is 0 Å². The molecule has 0 bridgehead atoms. The van der Waals surface area contributed by atoms with E-state index in [4.69, 9.17) is 9.47 Å². The van der Waals surface area contributed by atoms with Crippen molar-refractivity contribution in [3.63, 3.8) is 0 Å². The first-order valence-corrected chi connectivity index (χ1v) is 11.5. The van der Waals surface area contributed by atoms with Crippen LogP contribution < -0.4 is 19.5 Å². The van der Waals surface area contributed by atoms with E-state index < -0.39 is 10.0 Å². The summed E-state index contributed by atoms with van der Waals surface area (Å²) in [5.74, 6) is 0.940. The Labute approximate surface area is 188 Å². The van der Waals surface area contributed by atoms with Crippen molar-refractivity contribution in [3.8, 4) is 11.5 Å². The van der Waals surface area contributed by atoms with Crippen LogP contribution in [-0.4, -0.2) is 28.5 Å². The van der Waals surface area contributed by atoms with E-state index in [0.29, 0.717) is 28.3 Å². The maximum Gasteiger partial charge on any atom is 0.261 e. The second-order valence-corrected chi connectivity index (χ2v) is 8.88. The van der Waals surface area contributed by atoms with Gasteiger partial charge in [0.05, 0.1) is 30.8 Å². The summed E-state index contributed by atoms with van der Waals surface area (Å²) in [6.07, 6.45) is 0. The van der Waals surface area contributed by atoms with Crippen molar-refractivity contribution in [1.29, 1.82) is 0 Å². The number of anilines is 1. The largest absolute Gasteiger partial charge is 0.497 e. The lowest BCUT2D eigenvalue weighted by atomic mass is 10.0. The van der Waals surface area contributed by atoms with E-state index in [9.17, 15) is 13.2 Å². The zero-order chi connectivity index (χ0) is 23.3. The van der Waals surface area contributed by atoms with Gasteiger partial charge in [-0.2, -0.15) is 0 Å². The fourth-order valence-electron chi connectivity index (χ4n) is 3.33. The van der Waals surface area contributed by atoms with Crippen molar-refractivity contribution >= 4 is 21.6 Å². The van der Waals surface area contributed by atoms with E-state index in [1.165, 1.54) is 12.1 Å². The van der Waals surface area contributed by atoms with E-state index in [1.54, 1.807) is 75.7 Å². The number of sulfonamides is 1. The van der Waals surface area contributed by atoms with Gasteiger partial charge in [-0.25, -0.2) is 8.42 Å². The molecule has 0 aliphatic heterocycles. The number of carbonyl (C=O) groups is 1. The molecule has 0 saturated heterocycles. The molecule has 0 aliphatic rings. The van der Waals surface area contributed by atoms with Gasteiger partial charge in [-0.05, 0) is 61.9 Å². The standard InChI is InChI=1S/C24H26N2O5S/c1-16-20(11-8-12-22(16)26-32(28,29)19-9-6-5-7-10-19)24(27)25-17(2)21-15-18(30-3)13-14-23(21)31-4/h5-15,17,26H,1-4H3,(H,25,27). The van der Waals surface area contributed by atoms with Crippen molar-refractivity contribution in [3.05, 3.63) is 83.4 Å². The van der Waals surface area contributed by atoms with Crippen LogP contribution in [0.4, 0.5) is 5.69 Å². The molecule has 0 spiro atoms. The summed E-state index contributed by atoms with van der Waals surface area (Å²) in [5.41, 5.74) is 1.99. The predicted molar refractivity (Wildman–Crippen MR) is 124 cm³/mol. The van der Waals surface area contributed by atoms with Crippen LogP contribution in [0.1, 0.15) is 34.5 Å². The molecule has 0 saturated carbocycles. The minimum Gasteiger partial charge on any atom is -0.497 e. The molecule has 7 nitrogen and oxygen atoms in total. The SMILES string of the molecule is COc1ccc(OC)c(C(C)NC(=O)c2cccc(NS(=O)(=O)c3ccccc3)c2C)c1. The zero-order valence-electron chi connectivity index (χ0n) is 18.4. The Morgan fingerprint density at radius 2 is 1.66 bits per heavy atom. The number of hydrogen-bond donors (Lipinski definition) is 2. The quantitative estimate of drug-likeness (QED) is 0.529. The second kappa shape index (κ2) is 9.74. The zero-order valence-corrected chi connectivity index (χ0v) is 19.2. The number of nitrogens with one attached hydrogen (secondary N) is 2. The number of ether oxygens (including phenoxy) is 2. The number of amides is 1. The molecular formula is C24H26N2O5S. The molecule has 0 aliphatic carbocycles. The Hall–Kier alpha value is -3.52. The second-order valence-electron chi connectivity index (χ2n) is 7.20. The molecule has 0 aromatic heterocycles. The molecule has 3 aromatic rings. The van der Waals surface area contributed by atoms with E-state index in [0.717, 1.165) is 5.56 Å². The van der Waals surface area contributed by atoms with Crippen LogP contribution in [0, 0.1) is 6.92 Å². The summed E-state index contributed by atoms with van der Waals surface area (Å²) in [7, 11) is -0.642. The van der Waals surface area contributed by atoms with Gasteiger partial charge >= 0.3 is 0 Å². The van der Waals surface area contributed by atoms with Crippen LogP contribution in [0.3, 0.4) is 0 Å². The third-order valence-electron chi connectivity index (χ3n) is 5.13. The number of rotatable bonds is 8. The fourth-order valence-corrected chi connectivity index (χ4v) is 4.47. The van der Waals surface area contributed by atoms with E-state index in [2.05, 4.69) is 10.0 Å². The molecule has 3 aromatic carbocycles. The Balaban J connectivity index is 1.84. The van der Waals surface area contributed by atoms with Crippen LogP contribution in [0.5, 0.6) is 11.5 Å². The minimum atomic E-state index is -3.77. The van der Waals surface area contributed by atoms with Gasteiger partial charge in [0.1, 0.15) is 11.5 Å². The summed E-state index contributed by atoms with van der Waals surface area (Å²) >= 11 is 0. The molecule has 3 rings (SSSR count). The van der Waals surface area contributed by atoms with Gasteiger partial charge in [0.2, 0.25) is 0 Å². The van der Waals surface area contributed by atoms with Gasteiger partial charge in [-0.1, -0.05) is 24.3 Å². The number of methoxy groups -OCH3 is 2. The van der Waals surface area contributed by atoms with Crippen molar-refractivity contribution in [2.45, 2.75) is 24.8 Å². The van der Waals surface area contributed by atoms with Gasteiger partial charge in [0, 0.05) is 11.1 Å². The molecule has 0 fully saturated rings. The Bertz CT molecular complexity index is 1210. The van der Waals surface area contributed by atoms with Gasteiger partial charge in [-0.3, -0.25) is 9.52 Å². The fraction of sp³-hybridized carbons (Fsp3) is 0.208. The summed E-state index contributed by atoms with van der Waals surface area (Å²) in [6.45, 7) is 3.54. The average Bonchev–Trinajstić information content (AvgIpc) is 2.80. The van der Waals surface area contributed by atoms with Crippen LogP contribution in [0.15, 0.2) is 71.6 Å². The summed E-state index contributed by atoms with van der Waals surface area (Å²) in [5, 5.41) is 2.95. The Morgan fingerprint density at radius 1 is 0.938 bits per heavy atom. The monoisotopic (exact) mass is 454 g/mol. The smallest absolute Gasteiger partial charge is 0.261 e. The third kappa shape index (κ3) is 5.03. The minimum absolute atomic E-state index is 0.146. The van der Waals surface area contributed by atoms with Crippen molar-refractivity contribution in [2.75, 3.05) is 18.9 Å². The van der Waals surface area contributed by atoms with Crippen LogP contribution in [0.25, 0.3) is 0 Å². The van der Waals surface area contributed by atoms with E-state index >= 15 is 0 Å². The number of carbonyl (C=O) groups excluding carboxylic acids is 1. The average molecular weight is 455 g/mol. The Morgan fingerprint density at radius 3 is 2.31 bits per heavy atom. The molecule has 32 heavy (non-hydrogen) atoms. The Kier molecular flexibility index (Phi) is 7.05. The highest BCUT2D eigenvalue weighted by molar-refractivity contribution is 7.92. The van der Waals surface area contributed by atoms with Gasteiger partial charge in [0.15, 0.2) is 0 Å². The van der Waals surface area contributed by atoms with Crippen molar-refractivity contribution in [1.82, 2.24) is 5.32 Å². The highest BCUT2D eigenvalue weighted by Gasteiger charge is 2.20. The normalized spacial score (nSPS) is 12.0. The van der Waals surface area contributed by atoms with E-state index in [1.807, 2.05) is 6.92 Å². The topological polar surface area (TPSA) is 93.7 Å². The first-order valence-electron chi connectivity index (χ1n) is 9.97. The molecule has 2 N–H and O–H groups in total. The lowest BCUT2D eigenvalue weighted by molar-refractivity contribution is 0.0939. The maximum absolute atomic E-state index is 13.0. The van der Waals surface area contributed by atoms with Crippen LogP contribution in [-0.2, 0) is 10.0 Å². The molecule has 1 amide bonds. The lowest BCUT2D eigenvalue weighted by Gasteiger charge is -2.19. The summed E-state index contributed by atoms with van der Waals surface area (Å²) in [6, 6.07) is 18.0. The van der Waals surface area contributed by atoms with Crippen molar-refractivity contribution < 1.29 is 22.7 Å². The van der Waals surface area contributed by atoms with Crippen molar-refractivity contribution in [2.24, 2.45) is 0 Å². The maximum atomic E-state index is 13.0. The molecule has 168 valence electrons. The first kappa shape index (κ1) is 23.1. The predicted octanol–water partition coefficient (Wildman–Crippen LogP) is 4.30. The number of hydrogen-bond acceptors (Lipinski definition) is 5. The molecule has 8 heteroatoms. The highest BCUT2D eigenvalue weighted by Crippen LogP contribution is 2.30. The summed E-state index contributed by atoms with van der Waals surface area (Å²) < 4.78 is 38.6. The van der Waals surface area contributed by atoms with Gasteiger partial charge < -0.3 is 14.8 Å². The van der Waals surface area contributed by atoms with E-state index in [-0.39, 0.29) is 16.8 Å².